The molecule has 1 fully saturated rings. The van der Waals surface area contributed by atoms with Crippen molar-refractivity contribution in [2.45, 2.75) is 38.9 Å². The third kappa shape index (κ3) is 3.82. The number of nitrogens with zero attached hydrogens (tertiary/aromatic N) is 2. The highest BCUT2D eigenvalue weighted by Gasteiger charge is 2.29. The van der Waals surface area contributed by atoms with E-state index in [9.17, 15) is 9.18 Å². The van der Waals surface area contributed by atoms with Crippen LogP contribution in [0.5, 0.6) is 0 Å². The molecule has 2 heterocycles. The van der Waals surface area contributed by atoms with Gasteiger partial charge in [0.2, 0.25) is 0 Å². The van der Waals surface area contributed by atoms with Crippen molar-refractivity contribution < 1.29 is 9.18 Å². The Balaban J connectivity index is 1.78. The fourth-order valence-electron chi connectivity index (χ4n) is 4.02. The Morgan fingerprint density at radius 3 is 2.53 bits per heavy atom. The number of aromatic nitrogens is 1. The van der Waals surface area contributed by atoms with Gasteiger partial charge in [-0.15, -0.1) is 0 Å². The largest absolute Gasteiger partial charge is 0.384 e. The molecule has 4 rings (SSSR count). The molecule has 0 unspecified atom stereocenters. The topological polar surface area (TPSA) is 75.1 Å². The van der Waals surface area contributed by atoms with Crippen molar-refractivity contribution in [3.8, 4) is 0 Å². The summed E-state index contributed by atoms with van der Waals surface area (Å²) in [7, 11) is 0. The standard InChI is InChI=1S/C24H27FN4O/c1-15(2)17-5-3-16(4-6-17)13-29-21-12-19(23(26)27)8-7-18(21)11-22(29)24(30)28-10-9-20(25)14-28/h3-8,11-12,15,20H,9-10,13-14H2,1-2H3,(H3,26,27)/t20-/m0/s1. The van der Waals surface area contributed by atoms with Crippen molar-refractivity contribution in [2.75, 3.05) is 13.1 Å². The molecular weight excluding hydrogens is 379 g/mol. The number of likely N-dealkylation sites (tertiary alicyclic amines) is 1. The Hall–Kier alpha value is -3.15. The van der Waals surface area contributed by atoms with Crippen LogP contribution in [0.4, 0.5) is 4.39 Å². The van der Waals surface area contributed by atoms with Gasteiger partial charge in [0.1, 0.15) is 17.7 Å². The molecule has 0 aliphatic carbocycles. The van der Waals surface area contributed by atoms with Gasteiger partial charge in [-0.1, -0.05) is 50.2 Å². The number of halogens is 1. The Morgan fingerprint density at radius 1 is 1.20 bits per heavy atom. The number of nitrogens with two attached hydrogens (primary N) is 1. The molecule has 6 heteroatoms. The molecule has 1 saturated heterocycles. The number of hydrogen-bond acceptors (Lipinski definition) is 2. The molecule has 3 N–H and O–H groups in total. The molecular formula is C24H27FN4O. The molecule has 1 aromatic heterocycles. The summed E-state index contributed by atoms with van der Waals surface area (Å²) < 4.78 is 15.7. The zero-order valence-corrected chi connectivity index (χ0v) is 17.4. The summed E-state index contributed by atoms with van der Waals surface area (Å²) in [5, 5.41) is 8.67. The fourth-order valence-corrected chi connectivity index (χ4v) is 4.02. The molecule has 0 bridgehead atoms. The average Bonchev–Trinajstić information content (AvgIpc) is 3.31. The third-order valence-corrected chi connectivity index (χ3v) is 5.84. The van der Waals surface area contributed by atoms with Gasteiger partial charge in [0, 0.05) is 29.6 Å². The summed E-state index contributed by atoms with van der Waals surface area (Å²) >= 11 is 0. The van der Waals surface area contributed by atoms with Gasteiger partial charge in [0.25, 0.3) is 5.91 Å². The second kappa shape index (κ2) is 7.94. The lowest BCUT2D eigenvalue weighted by Crippen LogP contribution is -2.30. The summed E-state index contributed by atoms with van der Waals surface area (Å²) in [6.45, 7) is 5.40. The van der Waals surface area contributed by atoms with Crippen LogP contribution in [-0.2, 0) is 6.54 Å². The molecule has 1 aliphatic rings. The number of nitrogen functional groups attached to an aromatic ring is 1. The Labute approximate surface area is 175 Å². The van der Waals surface area contributed by atoms with Crippen LogP contribution in [0.25, 0.3) is 10.9 Å². The Kier molecular flexibility index (Phi) is 5.33. The van der Waals surface area contributed by atoms with Gasteiger partial charge in [-0.2, -0.15) is 0 Å². The maximum Gasteiger partial charge on any atom is 0.270 e. The van der Waals surface area contributed by atoms with Crippen LogP contribution in [-0.4, -0.2) is 40.5 Å². The van der Waals surface area contributed by atoms with Crippen LogP contribution in [0.15, 0.2) is 48.5 Å². The lowest BCUT2D eigenvalue weighted by Gasteiger charge is -2.18. The average molecular weight is 407 g/mol. The minimum atomic E-state index is -0.959. The maximum absolute atomic E-state index is 13.7. The van der Waals surface area contributed by atoms with Gasteiger partial charge in [-0.3, -0.25) is 10.2 Å². The molecule has 2 aromatic carbocycles. The van der Waals surface area contributed by atoms with E-state index >= 15 is 0 Å². The van der Waals surface area contributed by atoms with E-state index in [1.54, 1.807) is 11.0 Å². The Morgan fingerprint density at radius 2 is 1.93 bits per heavy atom. The highest BCUT2D eigenvalue weighted by molar-refractivity contribution is 6.02. The van der Waals surface area contributed by atoms with E-state index in [4.69, 9.17) is 11.1 Å². The molecule has 30 heavy (non-hydrogen) atoms. The van der Waals surface area contributed by atoms with Crippen molar-refractivity contribution >= 4 is 22.6 Å². The second-order valence-electron chi connectivity index (χ2n) is 8.34. The molecule has 156 valence electrons. The first-order valence-corrected chi connectivity index (χ1v) is 10.3. The third-order valence-electron chi connectivity index (χ3n) is 5.84. The second-order valence-corrected chi connectivity index (χ2v) is 8.34. The van der Waals surface area contributed by atoms with E-state index in [0.717, 1.165) is 16.5 Å². The molecule has 3 aromatic rings. The highest BCUT2D eigenvalue weighted by Crippen LogP contribution is 2.26. The first-order valence-electron chi connectivity index (χ1n) is 10.3. The SMILES string of the molecule is CC(C)c1ccc(Cn2c(C(=O)N3CC[C@H](F)C3)cc3ccc(C(=N)N)cc32)cc1. The minimum absolute atomic E-state index is 0.0152. The smallest absolute Gasteiger partial charge is 0.270 e. The molecule has 1 amide bonds. The van der Waals surface area contributed by atoms with Gasteiger partial charge >= 0.3 is 0 Å². The van der Waals surface area contributed by atoms with E-state index in [0.29, 0.717) is 36.7 Å². The van der Waals surface area contributed by atoms with Gasteiger partial charge in [-0.25, -0.2) is 4.39 Å². The van der Waals surface area contributed by atoms with E-state index < -0.39 is 6.17 Å². The first-order chi connectivity index (χ1) is 14.3. The monoisotopic (exact) mass is 406 g/mol. The summed E-state index contributed by atoms with van der Waals surface area (Å²) in [6, 6.07) is 15.8. The quantitative estimate of drug-likeness (QED) is 0.490. The lowest BCUT2D eigenvalue weighted by molar-refractivity contribution is 0.0773. The number of nitrogens with one attached hydrogen (secondary N) is 1. The lowest BCUT2D eigenvalue weighted by atomic mass is 10.0. The van der Waals surface area contributed by atoms with Crippen molar-refractivity contribution in [3.05, 3.63) is 70.9 Å². The van der Waals surface area contributed by atoms with Crippen molar-refractivity contribution in [1.82, 2.24) is 9.47 Å². The predicted molar refractivity (Wildman–Crippen MR) is 118 cm³/mol. The van der Waals surface area contributed by atoms with Crippen LogP contribution < -0.4 is 5.73 Å². The predicted octanol–water partition coefficient (Wildman–Crippen LogP) is 4.28. The van der Waals surface area contributed by atoms with Crippen LogP contribution >= 0.6 is 0 Å². The number of amides is 1. The van der Waals surface area contributed by atoms with Crippen molar-refractivity contribution in [1.29, 1.82) is 5.41 Å². The van der Waals surface area contributed by atoms with Crippen LogP contribution in [0.3, 0.4) is 0 Å². The Bertz CT molecular complexity index is 1100. The minimum Gasteiger partial charge on any atom is -0.384 e. The summed E-state index contributed by atoms with van der Waals surface area (Å²) in [4.78, 5) is 14.8. The van der Waals surface area contributed by atoms with Crippen molar-refractivity contribution in [3.63, 3.8) is 0 Å². The zero-order valence-electron chi connectivity index (χ0n) is 17.4. The van der Waals surface area contributed by atoms with E-state index in [2.05, 4.69) is 38.1 Å². The van der Waals surface area contributed by atoms with Crippen LogP contribution in [0, 0.1) is 5.41 Å². The maximum atomic E-state index is 13.7. The normalized spacial score (nSPS) is 16.5. The van der Waals surface area contributed by atoms with Gasteiger partial charge in [0.05, 0.1) is 6.54 Å². The zero-order chi connectivity index (χ0) is 21.4. The van der Waals surface area contributed by atoms with Gasteiger partial charge < -0.3 is 15.2 Å². The number of rotatable bonds is 5. The van der Waals surface area contributed by atoms with Gasteiger partial charge in [-0.05, 0) is 35.6 Å². The molecule has 1 atom stereocenters. The fraction of sp³-hybridized carbons (Fsp3) is 0.333. The van der Waals surface area contributed by atoms with Crippen molar-refractivity contribution in [2.24, 2.45) is 5.73 Å². The van der Waals surface area contributed by atoms with Gasteiger partial charge in [0.15, 0.2) is 0 Å². The number of hydrogen-bond donors (Lipinski definition) is 2. The number of carbonyl (C=O) groups excluding carboxylic acids is 1. The molecule has 0 saturated carbocycles. The van der Waals surface area contributed by atoms with E-state index in [1.165, 1.54) is 5.56 Å². The number of fused-ring (bicyclic) bond motifs is 1. The molecule has 5 nitrogen and oxygen atoms in total. The first kappa shape index (κ1) is 20.1. The molecule has 0 spiro atoms. The van der Waals surface area contributed by atoms with E-state index in [-0.39, 0.29) is 18.3 Å². The number of carbonyl (C=O) groups is 1. The highest BCUT2D eigenvalue weighted by atomic mass is 19.1. The van der Waals surface area contributed by atoms with Crippen LogP contribution in [0.2, 0.25) is 0 Å². The molecule has 0 radical (unpaired) electrons. The molecule has 1 aliphatic heterocycles. The number of alkyl halides is 1. The summed E-state index contributed by atoms with van der Waals surface area (Å²) in [5.74, 6) is 0.277. The number of amidine groups is 1. The summed E-state index contributed by atoms with van der Waals surface area (Å²) in [6.07, 6.45) is -0.573. The number of benzene rings is 2. The summed E-state index contributed by atoms with van der Waals surface area (Å²) in [5.41, 5.74) is 10.0. The van der Waals surface area contributed by atoms with Crippen LogP contribution in [0.1, 0.15) is 53.4 Å². The van der Waals surface area contributed by atoms with E-state index in [1.807, 2.05) is 22.8 Å².